The highest BCUT2D eigenvalue weighted by molar-refractivity contribution is 5.92. The van der Waals surface area contributed by atoms with Gasteiger partial charge in [-0.3, -0.25) is 9.89 Å². The molecule has 0 aliphatic heterocycles. The molecule has 2 rings (SSSR count). The third kappa shape index (κ3) is 4.53. The Labute approximate surface area is 131 Å². The second-order valence-corrected chi connectivity index (χ2v) is 4.74. The molecule has 1 amide bonds. The number of hydrogen-bond donors (Lipinski definition) is 3. The summed E-state index contributed by atoms with van der Waals surface area (Å²) in [6.07, 6.45) is -0.597. The highest BCUT2D eigenvalue weighted by Gasteiger charge is 2.21. The molecule has 0 saturated carbocycles. The molecule has 0 fully saturated rings. The fourth-order valence-electron chi connectivity index (χ4n) is 1.79. The number of H-pyrrole nitrogens is 1. The molecule has 0 aliphatic rings. The van der Waals surface area contributed by atoms with E-state index in [0.717, 1.165) is 17.8 Å². The number of carbonyl (C=O) groups excluding carboxylic acids is 1. The van der Waals surface area contributed by atoms with Gasteiger partial charge in [0.1, 0.15) is 17.3 Å². The third-order valence-corrected chi connectivity index (χ3v) is 3.06. The minimum Gasteiger partial charge on any atom is -0.478 e. The van der Waals surface area contributed by atoms with Crippen LogP contribution in [0.2, 0.25) is 0 Å². The number of carboxylic acid groups (broad SMARTS) is 1. The van der Waals surface area contributed by atoms with Crippen molar-refractivity contribution in [3.63, 3.8) is 0 Å². The molecule has 8 heteroatoms. The second kappa shape index (κ2) is 7.39. The molecular weight excluding hydrogens is 305 g/mol. The Bertz CT molecular complexity index is 684. The quantitative estimate of drug-likeness (QED) is 0.714. The smallest absolute Gasteiger partial charge is 0.346 e. The van der Waals surface area contributed by atoms with E-state index in [-0.39, 0.29) is 18.0 Å². The third-order valence-electron chi connectivity index (χ3n) is 3.06. The highest BCUT2D eigenvalue weighted by Crippen LogP contribution is 2.13. The van der Waals surface area contributed by atoms with E-state index < -0.39 is 23.8 Å². The van der Waals surface area contributed by atoms with Gasteiger partial charge >= 0.3 is 5.97 Å². The van der Waals surface area contributed by atoms with Gasteiger partial charge in [0.2, 0.25) is 6.10 Å². The van der Waals surface area contributed by atoms with Crippen LogP contribution in [-0.4, -0.2) is 39.8 Å². The van der Waals surface area contributed by atoms with E-state index in [0.29, 0.717) is 6.42 Å². The van der Waals surface area contributed by atoms with E-state index in [2.05, 4.69) is 15.5 Å². The van der Waals surface area contributed by atoms with Crippen molar-refractivity contribution in [3.05, 3.63) is 47.5 Å². The number of ether oxygens (including phenoxy) is 1. The van der Waals surface area contributed by atoms with Gasteiger partial charge in [0.05, 0.1) is 6.54 Å². The second-order valence-electron chi connectivity index (χ2n) is 4.74. The van der Waals surface area contributed by atoms with Crippen molar-refractivity contribution in [1.82, 2.24) is 15.5 Å². The maximum absolute atomic E-state index is 12.8. The average Bonchev–Trinajstić information content (AvgIpc) is 3.01. The first-order valence-electron chi connectivity index (χ1n) is 6.97. The number of aryl methyl sites for hydroxylation is 1. The van der Waals surface area contributed by atoms with Gasteiger partial charge in [-0.1, -0.05) is 6.92 Å². The van der Waals surface area contributed by atoms with Gasteiger partial charge in [0.15, 0.2) is 0 Å². The summed E-state index contributed by atoms with van der Waals surface area (Å²) in [5.41, 5.74) is 0.972. The number of halogens is 1. The Kier molecular flexibility index (Phi) is 5.29. The van der Waals surface area contributed by atoms with Gasteiger partial charge < -0.3 is 15.2 Å². The van der Waals surface area contributed by atoms with Crippen molar-refractivity contribution >= 4 is 11.9 Å². The van der Waals surface area contributed by atoms with Crippen LogP contribution in [-0.2, 0) is 11.2 Å². The minimum atomic E-state index is -1.30. The van der Waals surface area contributed by atoms with Crippen LogP contribution in [0.25, 0.3) is 0 Å². The number of nitrogens with zero attached hydrogens (tertiary/aromatic N) is 1. The summed E-state index contributed by atoms with van der Waals surface area (Å²) in [7, 11) is 0. The lowest BCUT2D eigenvalue weighted by atomic mass is 10.3. The molecule has 122 valence electrons. The molecule has 1 aromatic heterocycles. The van der Waals surface area contributed by atoms with Crippen molar-refractivity contribution in [3.8, 4) is 5.75 Å². The Hall–Kier alpha value is -2.90. The van der Waals surface area contributed by atoms with E-state index in [1.54, 1.807) is 6.07 Å². The topological polar surface area (TPSA) is 104 Å². The highest BCUT2D eigenvalue weighted by atomic mass is 19.1. The molecule has 23 heavy (non-hydrogen) atoms. The van der Waals surface area contributed by atoms with Gasteiger partial charge in [0.25, 0.3) is 5.91 Å². The number of rotatable bonds is 7. The van der Waals surface area contributed by atoms with Crippen LogP contribution >= 0.6 is 0 Å². The molecule has 1 heterocycles. The number of aromatic amines is 1. The molecule has 2 aromatic rings. The van der Waals surface area contributed by atoms with E-state index in [1.165, 1.54) is 12.1 Å². The van der Waals surface area contributed by atoms with Crippen LogP contribution in [0.5, 0.6) is 5.75 Å². The lowest BCUT2D eigenvalue weighted by molar-refractivity contribution is -0.144. The Morgan fingerprint density at radius 2 is 2.09 bits per heavy atom. The predicted octanol–water partition coefficient (Wildman–Crippen LogP) is 1.37. The summed E-state index contributed by atoms with van der Waals surface area (Å²) in [6, 6.07) is 6.53. The molecule has 0 bridgehead atoms. The fourth-order valence-corrected chi connectivity index (χ4v) is 1.79. The van der Waals surface area contributed by atoms with Crippen molar-refractivity contribution in [2.45, 2.75) is 19.4 Å². The summed E-state index contributed by atoms with van der Waals surface area (Å²) in [5, 5.41) is 18.1. The van der Waals surface area contributed by atoms with E-state index in [9.17, 15) is 14.0 Å². The van der Waals surface area contributed by atoms with Crippen molar-refractivity contribution in [1.29, 1.82) is 0 Å². The number of carboxylic acids is 1. The lowest BCUT2D eigenvalue weighted by Gasteiger charge is -2.15. The Morgan fingerprint density at radius 3 is 2.65 bits per heavy atom. The van der Waals surface area contributed by atoms with E-state index in [1.807, 2.05) is 6.92 Å². The van der Waals surface area contributed by atoms with Crippen LogP contribution in [0.1, 0.15) is 23.1 Å². The zero-order chi connectivity index (χ0) is 16.8. The lowest BCUT2D eigenvalue weighted by Crippen LogP contribution is -2.40. The monoisotopic (exact) mass is 321 g/mol. The van der Waals surface area contributed by atoms with Crippen molar-refractivity contribution < 1.29 is 23.8 Å². The SMILES string of the molecule is CCc1cc(C(=O)NCC(Oc2ccc(F)cc2)C(=O)O)n[nH]1. The molecular formula is C15H16FN3O4. The van der Waals surface area contributed by atoms with Gasteiger partial charge in [-0.2, -0.15) is 5.10 Å². The fraction of sp³-hybridized carbons (Fsp3) is 0.267. The average molecular weight is 321 g/mol. The van der Waals surface area contributed by atoms with Crippen LogP contribution in [0.15, 0.2) is 30.3 Å². The molecule has 0 saturated heterocycles. The molecule has 1 aromatic carbocycles. The molecule has 1 atom stereocenters. The normalized spacial score (nSPS) is 11.7. The molecule has 3 N–H and O–H groups in total. The maximum atomic E-state index is 12.8. The number of carbonyl (C=O) groups is 2. The van der Waals surface area contributed by atoms with Gasteiger partial charge in [-0.15, -0.1) is 0 Å². The van der Waals surface area contributed by atoms with Crippen LogP contribution in [0, 0.1) is 5.82 Å². The molecule has 1 unspecified atom stereocenters. The van der Waals surface area contributed by atoms with Crippen LogP contribution in [0.4, 0.5) is 4.39 Å². The first-order valence-corrected chi connectivity index (χ1v) is 6.97. The maximum Gasteiger partial charge on any atom is 0.346 e. The largest absolute Gasteiger partial charge is 0.478 e. The van der Waals surface area contributed by atoms with Gasteiger partial charge in [-0.05, 0) is 36.8 Å². The number of benzene rings is 1. The van der Waals surface area contributed by atoms with Gasteiger partial charge in [-0.25, -0.2) is 9.18 Å². The molecule has 0 spiro atoms. The molecule has 7 nitrogen and oxygen atoms in total. The number of amides is 1. The standard InChI is InChI=1S/C15H16FN3O4/c1-2-10-7-12(19-18-10)14(20)17-8-13(15(21)22)23-11-5-3-9(16)4-6-11/h3-7,13H,2,8H2,1H3,(H,17,20)(H,18,19)(H,21,22). The van der Waals surface area contributed by atoms with E-state index in [4.69, 9.17) is 9.84 Å². The summed E-state index contributed by atoms with van der Waals surface area (Å²) in [6.45, 7) is 1.66. The summed E-state index contributed by atoms with van der Waals surface area (Å²) in [4.78, 5) is 23.1. The van der Waals surface area contributed by atoms with Crippen molar-refractivity contribution in [2.24, 2.45) is 0 Å². The minimum absolute atomic E-state index is 0.174. The number of aromatic nitrogens is 2. The van der Waals surface area contributed by atoms with Crippen molar-refractivity contribution in [2.75, 3.05) is 6.54 Å². The molecule has 0 radical (unpaired) electrons. The first kappa shape index (κ1) is 16.5. The van der Waals surface area contributed by atoms with Gasteiger partial charge in [0, 0.05) is 5.69 Å². The van der Waals surface area contributed by atoms with E-state index >= 15 is 0 Å². The zero-order valence-electron chi connectivity index (χ0n) is 12.4. The summed E-state index contributed by atoms with van der Waals surface area (Å²) in [5.74, 6) is -2.01. The van der Waals surface area contributed by atoms with Crippen LogP contribution < -0.4 is 10.1 Å². The predicted molar refractivity (Wildman–Crippen MR) is 78.8 cm³/mol. The van der Waals surface area contributed by atoms with Crippen LogP contribution in [0.3, 0.4) is 0 Å². The first-order chi connectivity index (χ1) is 11.0. The number of nitrogens with one attached hydrogen (secondary N) is 2. The number of aliphatic carboxylic acids is 1. The summed E-state index contributed by atoms with van der Waals surface area (Å²) < 4.78 is 18.1. The summed E-state index contributed by atoms with van der Waals surface area (Å²) >= 11 is 0. The molecule has 0 aliphatic carbocycles. The zero-order valence-corrected chi connectivity index (χ0v) is 12.4. The Morgan fingerprint density at radius 1 is 1.39 bits per heavy atom. The Balaban J connectivity index is 1.95. The number of hydrogen-bond acceptors (Lipinski definition) is 4.